The Labute approximate surface area is 116 Å². The van der Waals surface area contributed by atoms with Gasteiger partial charge in [0.25, 0.3) is 0 Å². The van der Waals surface area contributed by atoms with E-state index in [-0.39, 0.29) is 29.6 Å². The van der Waals surface area contributed by atoms with Gasteiger partial charge < -0.3 is 14.2 Å². The number of hydrogen-bond donors (Lipinski definition) is 1. The van der Waals surface area contributed by atoms with Gasteiger partial charge in [0.15, 0.2) is 0 Å². The van der Waals surface area contributed by atoms with E-state index in [1.807, 2.05) is 6.92 Å². The molecule has 108 valence electrons. The maximum Gasteiger partial charge on any atom is 0.414 e. The fourth-order valence-corrected chi connectivity index (χ4v) is 2.76. The van der Waals surface area contributed by atoms with Crippen LogP contribution in [0, 0.1) is 5.92 Å². The molecular weight excluding hydrogens is 274 g/mol. The molecule has 0 aromatic carbocycles. The van der Waals surface area contributed by atoms with Crippen molar-refractivity contribution in [1.82, 2.24) is 5.32 Å². The van der Waals surface area contributed by atoms with Gasteiger partial charge in [0.1, 0.15) is 12.0 Å². The van der Waals surface area contributed by atoms with Gasteiger partial charge >= 0.3 is 6.09 Å². The zero-order valence-corrected chi connectivity index (χ0v) is 11.7. The van der Waals surface area contributed by atoms with Crippen LogP contribution in [0.25, 0.3) is 0 Å². The van der Waals surface area contributed by atoms with Crippen molar-refractivity contribution in [2.24, 2.45) is 5.92 Å². The summed E-state index contributed by atoms with van der Waals surface area (Å²) < 4.78 is 16.2. The average Bonchev–Trinajstić information content (AvgIpc) is 3.15. The molecule has 1 aliphatic carbocycles. The number of hydrogen-bond acceptors (Lipinski definition) is 5. The summed E-state index contributed by atoms with van der Waals surface area (Å²) in [6.07, 6.45) is 0.101. The van der Waals surface area contributed by atoms with Crippen molar-refractivity contribution in [3.8, 4) is 0 Å². The number of alkyl carbamates (subject to hydrolysis) is 1. The summed E-state index contributed by atoms with van der Waals surface area (Å²) in [5.74, 6) is -0.708. The van der Waals surface area contributed by atoms with Crippen LogP contribution in [0.1, 0.15) is 19.8 Å². The lowest BCUT2D eigenvalue weighted by Crippen LogP contribution is -2.50. The molecule has 2 aliphatic rings. The van der Waals surface area contributed by atoms with E-state index in [9.17, 15) is 9.59 Å². The van der Waals surface area contributed by atoms with E-state index >= 15 is 0 Å². The first-order valence-electron chi connectivity index (χ1n) is 6.25. The lowest BCUT2D eigenvalue weighted by atomic mass is 9.77. The van der Waals surface area contributed by atoms with Crippen molar-refractivity contribution in [2.45, 2.75) is 37.6 Å². The molecular formula is C12H18ClNO5. The largest absolute Gasteiger partial charge is 0.443 e. The quantitative estimate of drug-likeness (QED) is 0.621. The van der Waals surface area contributed by atoms with Gasteiger partial charge in [-0.1, -0.05) is 6.92 Å². The second-order valence-corrected chi connectivity index (χ2v) is 5.27. The van der Waals surface area contributed by atoms with Crippen LogP contribution in [-0.4, -0.2) is 49.4 Å². The van der Waals surface area contributed by atoms with E-state index in [2.05, 4.69) is 5.32 Å². The third-order valence-electron chi connectivity index (χ3n) is 3.95. The van der Waals surface area contributed by atoms with Gasteiger partial charge in [-0.2, -0.15) is 0 Å². The Morgan fingerprint density at radius 3 is 2.74 bits per heavy atom. The van der Waals surface area contributed by atoms with E-state index in [1.165, 1.54) is 0 Å². The summed E-state index contributed by atoms with van der Waals surface area (Å²) in [7, 11) is 1.58. The number of epoxide rings is 1. The fourth-order valence-electron chi connectivity index (χ4n) is 2.70. The van der Waals surface area contributed by atoms with Crippen LogP contribution in [0.3, 0.4) is 0 Å². The second kappa shape index (κ2) is 5.64. The topological polar surface area (TPSA) is 77.2 Å². The first-order valence-corrected chi connectivity index (χ1v) is 6.79. The van der Waals surface area contributed by atoms with Gasteiger partial charge in [-0.15, -0.1) is 11.6 Å². The van der Waals surface area contributed by atoms with E-state index in [1.54, 1.807) is 7.11 Å². The van der Waals surface area contributed by atoms with Gasteiger partial charge in [0, 0.05) is 13.0 Å². The number of alkyl halides is 1. The van der Waals surface area contributed by atoms with Crippen LogP contribution >= 0.6 is 11.6 Å². The summed E-state index contributed by atoms with van der Waals surface area (Å²) >= 11 is 5.30. The van der Waals surface area contributed by atoms with Crippen LogP contribution in [0.5, 0.6) is 0 Å². The molecule has 6 nitrogen and oxygen atoms in total. The van der Waals surface area contributed by atoms with Crippen LogP contribution < -0.4 is 5.32 Å². The van der Waals surface area contributed by atoms with Crippen molar-refractivity contribution in [3.63, 3.8) is 0 Å². The highest BCUT2D eigenvalue weighted by molar-refractivity contribution is 6.28. The van der Waals surface area contributed by atoms with E-state index in [4.69, 9.17) is 25.8 Å². The zero-order chi connectivity index (χ0) is 14.0. The van der Waals surface area contributed by atoms with E-state index < -0.39 is 12.0 Å². The minimum atomic E-state index is -0.780. The Balaban J connectivity index is 1.92. The predicted octanol–water partition coefficient (Wildman–Crippen LogP) is 1.06. The molecule has 2 amide bonds. The Morgan fingerprint density at radius 2 is 2.21 bits per heavy atom. The Kier molecular flexibility index (Phi) is 4.32. The molecule has 0 bridgehead atoms. The molecule has 0 aromatic heterocycles. The standard InChI is InChI=1S/C12H18ClNO5/c1-7-10(17-2)8(3-4-12(7)6-18-12)19-11(16)14-9(15)5-13/h7-8,10H,3-6H2,1-2H3,(H,14,15,16)/t7-,8+,10-,12-/m0/s1. The smallest absolute Gasteiger partial charge is 0.414 e. The number of methoxy groups -OCH3 is 1. The van der Waals surface area contributed by atoms with Crippen LogP contribution in [-0.2, 0) is 19.0 Å². The summed E-state index contributed by atoms with van der Waals surface area (Å²) in [4.78, 5) is 22.5. The van der Waals surface area contributed by atoms with Crippen molar-refractivity contribution < 1.29 is 23.8 Å². The zero-order valence-electron chi connectivity index (χ0n) is 11.0. The summed E-state index contributed by atoms with van der Waals surface area (Å²) in [6.45, 7) is 2.76. The molecule has 0 aromatic rings. The number of nitrogens with one attached hydrogen (secondary N) is 1. The van der Waals surface area contributed by atoms with Gasteiger partial charge in [-0.25, -0.2) is 4.79 Å². The lowest BCUT2D eigenvalue weighted by molar-refractivity contribution is -0.119. The summed E-state index contributed by atoms with van der Waals surface area (Å²) in [6, 6.07) is 0. The molecule has 1 spiro atoms. The monoisotopic (exact) mass is 291 g/mol. The molecule has 0 unspecified atom stereocenters. The van der Waals surface area contributed by atoms with Crippen molar-refractivity contribution in [1.29, 1.82) is 0 Å². The number of carbonyl (C=O) groups is 2. The van der Waals surface area contributed by atoms with Crippen LogP contribution in [0.4, 0.5) is 4.79 Å². The van der Waals surface area contributed by atoms with Gasteiger partial charge in [-0.05, 0) is 12.8 Å². The molecule has 1 saturated heterocycles. The van der Waals surface area contributed by atoms with E-state index in [0.29, 0.717) is 6.42 Å². The molecule has 1 N–H and O–H groups in total. The molecule has 1 heterocycles. The summed E-state index contributed by atoms with van der Waals surface area (Å²) in [5.41, 5.74) is -0.108. The second-order valence-electron chi connectivity index (χ2n) is 5.01. The fraction of sp³-hybridized carbons (Fsp3) is 0.833. The Bertz CT molecular complexity index is 371. The maximum absolute atomic E-state index is 11.5. The number of carbonyl (C=O) groups excluding carboxylic acids is 2. The first-order chi connectivity index (χ1) is 9.02. The highest BCUT2D eigenvalue weighted by Gasteiger charge is 2.57. The number of rotatable bonds is 3. The highest BCUT2D eigenvalue weighted by atomic mass is 35.5. The molecule has 2 rings (SSSR count). The number of halogens is 1. The first kappa shape index (κ1) is 14.6. The summed E-state index contributed by atoms with van der Waals surface area (Å²) in [5, 5.41) is 2.05. The minimum Gasteiger partial charge on any atom is -0.443 e. The Morgan fingerprint density at radius 1 is 1.53 bits per heavy atom. The highest BCUT2D eigenvalue weighted by Crippen LogP contribution is 2.47. The molecule has 7 heteroatoms. The van der Waals surface area contributed by atoms with Gasteiger partial charge in [-0.3, -0.25) is 10.1 Å². The molecule has 4 atom stereocenters. The maximum atomic E-state index is 11.5. The lowest BCUT2D eigenvalue weighted by Gasteiger charge is -2.38. The van der Waals surface area contributed by atoms with Crippen molar-refractivity contribution in [2.75, 3.05) is 19.6 Å². The van der Waals surface area contributed by atoms with Crippen molar-refractivity contribution in [3.05, 3.63) is 0 Å². The third-order valence-corrected chi connectivity index (χ3v) is 4.19. The molecule has 0 radical (unpaired) electrons. The minimum absolute atomic E-state index is 0.108. The van der Waals surface area contributed by atoms with Gasteiger partial charge in [0.05, 0.1) is 18.3 Å². The number of imide groups is 1. The Hall–Kier alpha value is -0.850. The van der Waals surface area contributed by atoms with Crippen LogP contribution in [0.15, 0.2) is 0 Å². The van der Waals surface area contributed by atoms with Crippen LogP contribution in [0.2, 0.25) is 0 Å². The normalized spacial score (nSPS) is 36.9. The van der Waals surface area contributed by atoms with Gasteiger partial charge in [0.2, 0.25) is 5.91 Å². The number of ether oxygens (including phenoxy) is 3. The average molecular weight is 292 g/mol. The number of amides is 2. The molecule has 19 heavy (non-hydrogen) atoms. The van der Waals surface area contributed by atoms with Crippen molar-refractivity contribution >= 4 is 23.6 Å². The van der Waals surface area contributed by atoms with E-state index in [0.717, 1.165) is 13.0 Å². The SMILES string of the molecule is CO[C@@H]1[C@H](OC(=O)NC(=O)CCl)CC[C@]2(CO2)[C@H]1C. The predicted molar refractivity (Wildman–Crippen MR) is 67.0 cm³/mol. The molecule has 1 aliphatic heterocycles. The molecule has 2 fully saturated rings. The third kappa shape index (κ3) is 3.01. The molecule has 1 saturated carbocycles.